The molecule has 0 saturated carbocycles. The fourth-order valence-corrected chi connectivity index (χ4v) is 2.34. The van der Waals surface area contributed by atoms with Crippen LogP contribution in [0.15, 0.2) is 24.5 Å². The van der Waals surface area contributed by atoms with Gasteiger partial charge in [0, 0.05) is 25.1 Å². The summed E-state index contributed by atoms with van der Waals surface area (Å²) in [6.45, 7) is 2.93. The summed E-state index contributed by atoms with van der Waals surface area (Å²) in [6, 6.07) is 5.91. The first-order valence-electron chi connectivity index (χ1n) is 6.97. The maximum Gasteiger partial charge on any atom is 0.138 e. The lowest BCUT2D eigenvalue weighted by Gasteiger charge is -2.21. The van der Waals surface area contributed by atoms with Gasteiger partial charge in [0.05, 0.1) is 14.2 Å². The van der Waals surface area contributed by atoms with Crippen molar-refractivity contribution >= 4 is 0 Å². The third-order valence-corrected chi connectivity index (χ3v) is 3.45. The SMILES string of the molecule is CCNC(Cc1ncnn1C)c1cc(OC)ccc1OC. The van der Waals surface area contributed by atoms with Gasteiger partial charge in [-0.2, -0.15) is 5.10 Å². The van der Waals surface area contributed by atoms with Crippen LogP contribution in [0.3, 0.4) is 0 Å². The Kier molecular flexibility index (Phi) is 5.16. The topological polar surface area (TPSA) is 61.2 Å². The molecule has 0 saturated heterocycles. The molecule has 0 amide bonds. The molecule has 0 aliphatic heterocycles. The van der Waals surface area contributed by atoms with Gasteiger partial charge in [0.1, 0.15) is 23.7 Å². The van der Waals surface area contributed by atoms with Crippen LogP contribution < -0.4 is 14.8 Å². The average molecular weight is 290 g/mol. The summed E-state index contributed by atoms with van der Waals surface area (Å²) in [5.41, 5.74) is 1.06. The van der Waals surface area contributed by atoms with Crippen molar-refractivity contribution in [2.24, 2.45) is 7.05 Å². The summed E-state index contributed by atoms with van der Waals surface area (Å²) in [7, 11) is 5.24. The van der Waals surface area contributed by atoms with Crippen LogP contribution in [0.25, 0.3) is 0 Å². The molecule has 0 fully saturated rings. The van der Waals surface area contributed by atoms with Crippen LogP contribution in [0.4, 0.5) is 0 Å². The van der Waals surface area contributed by atoms with Crippen molar-refractivity contribution in [3.8, 4) is 11.5 Å². The standard InChI is InChI=1S/C15H22N4O2/c1-5-16-13(9-15-17-10-18-19(15)2)12-8-11(20-3)6-7-14(12)21-4/h6-8,10,13,16H,5,9H2,1-4H3. The molecule has 21 heavy (non-hydrogen) atoms. The van der Waals surface area contributed by atoms with Crippen LogP contribution in [0.5, 0.6) is 11.5 Å². The second kappa shape index (κ2) is 7.08. The molecule has 1 aromatic heterocycles. The number of ether oxygens (including phenoxy) is 2. The van der Waals surface area contributed by atoms with Gasteiger partial charge < -0.3 is 14.8 Å². The number of methoxy groups -OCH3 is 2. The molecule has 1 aromatic carbocycles. The molecule has 1 atom stereocenters. The van der Waals surface area contributed by atoms with Crippen LogP contribution >= 0.6 is 0 Å². The van der Waals surface area contributed by atoms with Crippen LogP contribution in [-0.4, -0.2) is 35.5 Å². The van der Waals surface area contributed by atoms with Gasteiger partial charge in [0.2, 0.25) is 0 Å². The third kappa shape index (κ3) is 3.52. The quantitative estimate of drug-likeness (QED) is 0.841. The predicted octanol–water partition coefficient (Wildman–Crippen LogP) is 1.73. The van der Waals surface area contributed by atoms with E-state index in [1.165, 1.54) is 0 Å². The second-order valence-corrected chi connectivity index (χ2v) is 4.72. The highest BCUT2D eigenvalue weighted by Gasteiger charge is 2.19. The van der Waals surface area contributed by atoms with Crippen LogP contribution in [-0.2, 0) is 13.5 Å². The van der Waals surface area contributed by atoms with E-state index < -0.39 is 0 Å². The van der Waals surface area contributed by atoms with Crippen LogP contribution in [0.2, 0.25) is 0 Å². The van der Waals surface area contributed by atoms with Gasteiger partial charge in [-0.05, 0) is 24.7 Å². The molecule has 6 heteroatoms. The number of aryl methyl sites for hydroxylation is 1. The molecular formula is C15H22N4O2. The van der Waals surface area contributed by atoms with E-state index in [4.69, 9.17) is 9.47 Å². The molecule has 0 aliphatic rings. The van der Waals surface area contributed by atoms with Gasteiger partial charge >= 0.3 is 0 Å². The Morgan fingerprint density at radius 2 is 2.10 bits per heavy atom. The second-order valence-electron chi connectivity index (χ2n) is 4.72. The van der Waals surface area contributed by atoms with E-state index in [1.807, 2.05) is 25.2 Å². The number of nitrogens with one attached hydrogen (secondary N) is 1. The Morgan fingerprint density at radius 1 is 1.29 bits per heavy atom. The van der Waals surface area contributed by atoms with Crippen LogP contribution in [0, 0.1) is 0 Å². The number of aromatic nitrogens is 3. The Bertz CT molecular complexity index is 583. The molecule has 0 spiro atoms. The predicted molar refractivity (Wildman–Crippen MR) is 80.7 cm³/mol. The first kappa shape index (κ1) is 15.3. The number of nitrogens with zero attached hydrogens (tertiary/aromatic N) is 3. The smallest absolute Gasteiger partial charge is 0.138 e. The molecule has 6 nitrogen and oxygen atoms in total. The summed E-state index contributed by atoms with van der Waals surface area (Å²) in [5.74, 6) is 2.57. The number of benzene rings is 1. The molecular weight excluding hydrogens is 268 g/mol. The zero-order valence-corrected chi connectivity index (χ0v) is 13.0. The summed E-state index contributed by atoms with van der Waals surface area (Å²) in [5, 5.41) is 7.60. The minimum atomic E-state index is 0.0861. The minimum Gasteiger partial charge on any atom is -0.497 e. The molecule has 0 radical (unpaired) electrons. The van der Waals surface area contributed by atoms with Crippen molar-refractivity contribution in [1.82, 2.24) is 20.1 Å². The molecule has 1 N–H and O–H groups in total. The van der Waals surface area contributed by atoms with Gasteiger partial charge in [-0.15, -0.1) is 0 Å². The van der Waals surface area contributed by atoms with Gasteiger partial charge in [-0.1, -0.05) is 6.92 Å². The van der Waals surface area contributed by atoms with Gasteiger partial charge in [0.15, 0.2) is 0 Å². The normalized spacial score (nSPS) is 12.2. The van der Waals surface area contributed by atoms with Gasteiger partial charge in [0.25, 0.3) is 0 Å². The van der Waals surface area contributed by atoms with Gasteiger partial charge in [-0.25, -0.2) is 4.98 Å². The fourth-order valence-electron chi connectivity index (χ4n) is 2.34. The number of hydrogen-bond acceptors (Lipinski definition) is 5. The van der Waals surface area contributed by atoms with E-state index in [0.29, 0.717) is 0 Å². The summed E-state index contributed by atoms with van der Waals surface area (Å²) < 4.78 is 12.6. The van der Waals surface area contributed by atoms with Crippen molar-refractivity contribution in [2.45, 2.75) is 19.4 Å². The zero-order chi connectivity index (χ0) is 15.2. The molecule has 114 valence electrons. The van der Waals surface area contributed by atoms with E-state index in [1.54, 1.807) is 25.2 Å². The monoisotopic (exact) mass is 290 g/mol. The summed E-state index contributed by atoms with van der Waals surface area (Å²) in [4.78, 5) is 4.30. The maximum absolute atomic E-state index is 5.48. The average Bonchev–Trinajstić information content (AvgIpc) is 2.91. The number of hydrogen-bond donors (Lipinski definition) is 1. The van der Waals surface area contributed by atoms with Crippen molar-refractivity contribution in [3.63, 3.8) is 0 Å². The lowest BCUT2D eigenvalue weighted by Crippen LogP contribution is -2.24. The maximum atomic E-state index is 5.48. The number of likely N-dealkylation sites (N-methyl/N-ethyl adjacent to an activating group) is 1. The van der Waals surface area contributed by atoms with E-state index in [2.05, 4.69) is 22.3 Å². The van der Waals surface area contributed by atoms with Gasteiger partial charge in [-0.3, -0.25) is 4.68 Å². The molecule has 0 bridgehead atoms. The lowest BCUT2D eigenvalue weighted by atomic mass is 10.0. The molecule has 1 heterocycles. The van der Waals surface area contributed by atoms with Crippen molar-refractivity contribution < 1.29 is 9.47 Å². The Balaban J connectivity index is 2.34. The van der Waals surface area contributed by atoms with E-state index in [-0.39, 0.29) is 6.04 Å². The lowest BCUT2D eigenvalue weighted by molar-refractivity contribution is 0.388. The highest BCUT2D eigenvalue weighted by molar-refractivity contribution is 5.42. The van der Waals surface area contributed by atoms with Crippen molar-refractivity contribution in [3.05, 3.63) is 35.9 Å². The van der Waals surface area contributed by atoms with E-state index in [0.717, 1.165) is 35.9 Å². The highest BCUT2D eigenvalue weighted by Crippen LogP contribution is 2.30. The van der Waals surface area contributed by atoms with E-state index >= 15 is 0 Å². The zero-order valence-electron chi connectivity index (χ0n) is 13.0. The fraction of sp³-hybridized carbons (Fsp3) is 0.467. The highest BCUT2D eigenvalue weighted by atomic mass is 16.5. The number of rotatable bonds is 7. The minimum absolute atomic E-state index is 0.0861. The first-order chi connectivity index (χ1) is 10.2. The largest absolute Gasteiger partial charge is 0.497 e. The van der Waals surface area contributed by atoms with Crippen molar-refractivity contribution in [2.75, 3.05) is 20.8 Å². The summed E-state index contributed by atoms with van der Waals surface area (Å²) >= 11 is 0. The first-order valence-corrected chi connectivity index (χ1v) is 6.97. The van der Waals surface area contributed by atoms with Crippen molar-refractivity contribution in [1.29, 1.82) is 0 Å². The van der Waals surface area contributed by atoms with E-state index in [9.17, 15) is 0 Å². The Morgan fingerprint density at radius 3 is 2.67 bits per heavy atom. The molecule has 2 aromatic rings. The third-order valence-electron chi connectivity index (χ3n) is 3.45. The van der Waals surface area contributed by atoms with Crippen LogP contribution in [0.1, 0.15) is 24.4 Å². The summed E-state index contributed by atoms with van der Waals surface area (Å²) in [6.07, 6.45) is 2.30. The Labute approximate surface area is 125 Å². The molecule has 0 aliphatic carbocycles. The molecule has 1 unspecified atom stereocenters. The Hall–Kier alpha value is -2.08. The molecule has 2 rings (SSSR count).